The molecule has 1 aromatic rings. The summed E-state index contributed by atoms with van der Waals surface area (Å²) in [7, 11) is 0. The van der Waals surface area contributed by atoms with E-state index >= 15 is 0 Å². The summed E-state index contributed by atoms with van der Waals surface area (Å²) in [5.41, 5.74) is 1.17. The summed E-state index contributed by atoms with van der Waals surface area (Å²) in [6.07, 6.45) is 5.08. The fourth-order valence-electron chi connectivity index (χ4n) is 2.83. The van der Waals surface area contributed by atoms with E-state index in [1.165, 1.54) is 17.0 Å². The molecule has 1 amide bonds. The van der Waals surface area contributed by atoms with Crippen molar-refractivity contribution in [3.63, 3.8) is 0 Å². The SMILES string of the molecule is N#CC1CCN(CC(=O)Nc2nc3c(s2)CCC3)CC1. The molecular weight excluding hydrogens is 272 g/mol. The molecule has 1 N–H and O–H groups in total. The molecule has 20 heavy (non-hydrogen) atoms. The predicted molar refractivity (Wildman–Crippen MR) is 77.5 cm³/mol. The largest absolute Gasteiger partial charge is 0.301 e. The first kappa shape index (κ1) is 13.5. The fourth-order valence-corrected chi connectivity index (χ4v) is 3.89. The van der Waals surface area contributed by atoms with Crippen molar-refractivity contribution in [2.75, 3.05) is 25.0 Å². The number of nitriles is 1. The van der Waals surface area contributed by atoms with Crippen molar-refractivity contribution in [2.45, 2.75) is 32.1 Å². The molecule has 0 aromatic carbocycles. The molecule has 0 bridgehead atoms. The Balaban J connectivity index is 1.49. The fraction of sp³-hybridized carbons (Fsp3) is 0.643. The van der Waals surface area contributed by atoms with Gasteiger partial charge in [0, 0.05) is 10.8 Å². The van der Waals surface area contributed by atoms with Gasteiger partial charge in [-0.1, -0.05) is 0 Å². The zero-order valence-electron chi connectivity index (χ0n) is 11.4. The number of rotatable bonds is 3. The number of nitrogens with one attached hydrogen (secondary N) is 1. The molecule has 1 saturated heterocycles. The number of likely N-dealkylation sites (tertiary alicyclic amines) is 1. The molecule has 0 saturated carbocycles. The molecule has 6 heteroatoms. The summed E-state index contributed by atoms with van der Waals surface area (Å²) in [6, 6.07) is 2.30. The molecule has 0 atom stereocenters. The van der Waals surface area contributed by atoms with Gasteiger partial charge in [-0.3, -0.25) is 9.69 Å². The van der Waals surface area contributed by atoms with Gasteiger partial charge in [-0.25, -0.2) is 4.98 Å². The van der Waals surface area contributed by atoms with Crippen molar-refractivity contribution in [2.24, 2.45) is 5.92 Å². The van der Waals surface area contributed by atoms with Crippen LogP contribution in [0.25, 0.3) is 0 Å². The van der Waals surface area contributed by atoms with Gasteiger partial charge < -0.3 is 5.32 Å². The Morgan fingerprint density at radius 3 is 2.95 bits per heavy atom. The highest BCUT2D eigenvalue weighted by Gasteiger charge is 2.22. The Bertz CT molecular complexity index is 518. The van der Waals surface area contributed by atoms with Crippen LogP contribution in [0, 0.1) is 17.2 Å². The predicted octanol–water partition coefficient (Wildman–Crippen LogP) is 1.81. The van der Waals surface area contributed by atoms with Gasteiger partial charge in [-0.2, -0.15) is 5.26 Å². The van der Waals surface area contributed by atoms with Crippen LogP contribution in [0.1, 0.15) is 29.8 Å². The zero-order valence-corrected chi connectivity index (χ0v) is 12.2. The van der Waals surface area contributed by atoms with Crippen LogP contribution in [0.5, 0.6) is 0 Å². The molecular formula is C14H18N4OS. The molecule has 0 spiro atoms. The highest BCUT2D eigenvalue weighted by molar-refractivity contribution is 7.15. The second kappa shape index (κ2) is 5.90. The van der Waals surface area contributed by atoms with Crippen LogP contribution >= 0.6 is 11.3 Å². The highest BCUT2D eigenvalue weighted by Crippen LogP contribution is 2.30. The maximum absolute atomic E-state index is 12.0. The third-order valence-corrected chi connectivity index (χ3v) is 5.05. The number of nitrogens with zero attached hydrogens (tertiary/aromatic N) is 3. The maximum Gasteiger partial charge on any atom is 0.240 e. The lowest BCUT2D eigenvalue weighted by Gasteiger charge is -2.28. The van der Waals surface area contributed by atoms with E-state index in [0.29, 0.717) is 6.54 Å². The minimum Gasteiger partial charge on any atom is -0.301 e. The van der Waals surface area contributed by atoms with E-state index in [2.05, 4.69) is 21.3 Å². The smallest absolute Gasteiger partial charge is 0.240 e. The summed E-state index contributed by atoms with van der Waals surface area (Å²) in [6.45, 7) is 2.07. The lowest BCUT2D eigenvalue weighted by molar-refractivity contribution is -0.117. The van der Waals surface area contributed by atoms with E-state index < -0.39 is 0 Å². The molecule has 5 nitrogen and oxygen atoms in total. The van der Waals surface area contributed by atoms with Crippen LogP contribution in [-0.2, 0) is 17.6 Å². The normalized spacial score (nSPS) is 19.6. The van der Waals surface area contributed by atoms with Gasteiger partial charge in [0.1, 0.15) is 0 Å². The number of piperidine rings is 1. The first-order valence-corrected chi connectivity index (χ1v) is 7.96. The Morgan fingerprint density at radius 1 is 1.45 bits per heavy atom. The monoisotopic (exact) mass is 290 g/mol. The van der Waals surface area contributed by atoms with Crippen molar-refractivity contribution in [1.82, 2.24) is 9.88 Å². The summed E-state index contributed by atoms with van der Waals surface area (Å²) in [4.78, 5) is 19.9. The number of hydrogen-bond donors (Lipinski definition) is 1. The summed E-state index contributed by atoms with van der Waals surface area (Å²) in [5.74, 6) is 0.170. The average Bonchev–Trinajstić information content (AvgIpc) is 3.00. The number of aryl methyl sites for hydroxylation is 2. The van der Waals surface area contributed by atoms with Crippen molar-refractivity contribution in [3.8, 4) is 6.07 Å². The number of carbonyl (C=O) groups excluding carboxylic acids is 1. The quantitative estimate of drug-likeness (QED) is 0.921. The summed E-state index contributed by atoms with van der Waals surface area (Å²) in [5, 5.41) is 12.5. The number of thiazole rings is 1. The number of fused-ring (bicyclic) bond motifs is 1. The third-order valence-electron chi connectivity index (χ3n) is 3.98. The minimum absolute atomic E-state index is 0.00725. The molecule has 3 rings (SSSR count). The first-order chi connectivity index (χ1) is 9.74. The molecule has 2 aliphatic rings. The number of amides is 1. The molecule has 1 aromatic heterocycles. The lowest BCUT2D eigenvalue weighted by atomic mass is 9.99. The standard InChI is InChI=1S/C14H18N4OS/c15-8-10-4-6-18(7-5-10)9-13(19)17-14-16-11-2-1-3-12(11)20-14/h10H,1-7,9H2,(H,16,17,19). The van der Waals surface area contributed by atoms with Crippen molar-refractivity contribution < 1.29 is 4.79 Å². The van der Waals surface area contributed by atoms with E-state index in [4.69, 9.17) is 5.26 Å². The molecule has 0 unspecified atom stereocenters. The Hall–Kier alpha value is -1.45. The van der Waals surface area contributed by atoms with Crippen LogP contribution < -0.4 is 5.32 Å². The third kappa shape index (κ3) is 3.00. The van der Waals surface area contributed by atoms with E-state index in [0.717, 1.165) is 43.9 Å². The Kier molecular flexibility index (Phi) is 3.99. The maximum atomic E-state index is 12.0. The zero-order chi connectivity index (χ0) is 13.9. The van der Waals surface area contributed by atoms with Gasteiger partial charge in [-0.15, -0.1) is 11.3 Å². The van der Waals surface area contributed by atoms with Crippen LogP contribution in [0.3, 0.4) is 0 Å². The minimum atomic E-state index is 0.00725. The van der Waals surface area contributed by atoms with Crippen LogP contribution in [0.15, 0.2) is 0 Å². The second-order valence-electron chi connectivity index (χ2n) is 5.47. The highest BCUT2D eigenvalue weighted by atomic mass is 32.1. The van der Waals surface area contributed by atoms with E-state index in [-0.39, 0.29) is 11.8 Å². The topological polar surface area (TPSA) is 69.0 Å². The van der Waals surface area contributed by atoms with Gasteiger partial charge in [0.05, 0.1) is 18.3 Å². The van der Waals surface area contributed by atoms with Gasteiger partial charge >= 0.3 is 0 Å². The second-order valence-corrected chi connectivity index (χ2v) is 6.55. The number of hydrogen-bond acceptors (Lipinski definition) is 5. The Morgan fingerprint density at radius 2 is 2.25 bits per heavy atom. The summed E-state index contributed by atoms with van der Waals surface area (Å²) >= 11 is 1.61. The Labute approximate surface area is 122 Å². The van der Waals surface area contributed by atoms with Gasteiger partial charge in [0.2, 0.25) is 5.91 Å². The number of aromatic nitrogens is 1. The van der Waals surface area contributed by atoms with Crippen molar-refractivity contribution in [1.29, 1.82) is 5.26 Å². The number of carbonyl (C=O) groups is 1. The van der Waals surface area contributed by atoms with Gasteiger partial charge in [0.15, 0.2) is 5.13 Å². The van der Waals surface area contributed by atoms with Gasteiger partial charge in [0.25, 0.3) is 0 Å². The van der Waals surface area contributed by atoms with E-state index in [1.807, 2.05) is 0 Å². The lowest BCUT2D eigenvalue weighted by Crippen LogP contribution is -2.39. The first-order valence-electron chi connectivity index (χ1n) is 7.15. The van der Waals surface area contributed by atoms with Crippen molar-refractivity contribution in [3.05, 3.63) is 10.6 Å². The molecule has 1 aliphatic heterocycles. The van der Waals surface area contributed by atoms with Crippen LogP contribution in [0.4, 0.5) is 5.13 Å². The molecule has 1 fully saturated rings. The molecule has 0 radical (unpaired) electrons. The molecule has 2 heterocycles. The van der Waals surface area contributed by atoms with Crippen LogP contribution in [-0.4, -0.2) is 35.4 Å². The van der Waals surface area contributed by atoms with E-state index in [9.17, 15) is 4.79 Å². The molecule has 106 valence electrons. The average molecular weight is 290 g/mol. The number of anilines is 1. The van der Waals surface area contributed by atoms with E-state index in [1.54, 1.807) is 11.3 Å². The molecule has 1 aliphatic carbocycles. The van der Waals surface area contributed by atoms with Crippen LogP contribution in [0.2, 0.25) is 0 Å². The summed E-state index contributed by atoms with van der Waals surface area (Å²) < 4.78 is 0. The van der Waals surface area contributed by atoms with Gasteiger partial charge in [-0.05, 0) is 45.2 Å². The van der Waals surface area contributed by atoms with Crippen molar-refractivity contribution >= 4 is 22.4 Å².